The van der Waals surface area contributed by atoms with Gasteiger partial charge in [-0.05, 0) is 25.2 Å². The van der Waals surface area contributed by atoms with Gasteiger partial charge in [0, 0.05) is 19.5 Å². The van der Waals surface area contributed by atoms with Crippen LogP contribution in [0.1, 0.15) is 46.5 Å². The van der Waals surface area contributed by atoms with Gasteiger partial charge in [0.25, 0.3) is 0 Å². The Hall–Kier alpha value is -1.10. The fourth-order valence-corrected chi connectivity index (χ4v) is 1.88. The zero-order valence-corrected chi connectivity index (χ0v) is 11.7. The lowest BCUT2D eigenvalue weighted by Gasteiger charge is -2.29. The fraction of sp³-hybridized carbons (Fsp3) is 0.846. The Balaban J connectivity index is 4.19. The second-order valence-corrected chi connectivity index (χ2v) is 4.94. The lowest BCUT2D eigenvalue weighted by Crippen LogP contribution is -2.46. The second kappa shape index (κ2) is 8.08. The molecule has 0 aliphatic rings. The van der Waals surface area contributed by atoms with Crippen molar-refractivity contribution in [1.82, 2.24) is 5.32 Å². The van der Waals surface area contributed by atoms with E-state index >= 15 is 0 Å². The number of aliphatic carboxylic acids is 1. The molecule has 5 nitrogen and oxygen atoms in total. The molecule has 0 rings (SSSR count). The van der Waals surface area contributed by atoms with Crippen LogP contribution in [0, 0.1) is 11.3 Å². The molecule has 4 N–H and O–H groups in total. The van der Waals surface area contributed by atoms with Gasteiger partial charge in [-0.2, -0.15) is 0 Å². The predicted molar refractivity (Wildman–Crippen MR) is 71.1 cm³/mol. The van der Waals surface area contributed by atoms with E-state index < -0.39 is 11.4 Å². The Morgan fingerprint density at radius 3 is 2.28 bits per heavy atom. The van der Waals surface area contributed by atoms with E-state index in [0.29, 0.717) is 19.5 Å². The minimum atomic E-state index is -0.799. The first-order valence-corrected chi connectivity index (χ1v) is 6.62. The molecule has 0 heterocycles. The third kappa shape index (κ3) is 5.04. The number of amides is 1. The quantitative estimate of drug-likeness (QED) is 0.582. The summed E-state index contributed by atoms with van der Waals surface area (Å²) in [5.41, 5.74) is 5.22. The first-order valence-electron chi connectivity index (χ1n) is 6.62. The lowest BCUT2D eigenvalue weighted by atomic mass is 9.81. The van der Waals surface area contributed by atoms with Crippen LogP contribution in [-0.4, -0.2) is 30.1 Å². The van der Waals surface area contributed by atoms with Gasteiger partial charge in [0.05, 0.1) is 5.41 Å². The third-order valence-electron chi connectivity index (χ3n) is 3.69. The topological polar surface area (TPSA) is 92.4 Å². The van der Waals surface area contributed by atoms with Crippen molar-refractivity contribution in [3.8, 4) is 0 Å². The average molecular weight is 258 g/mol. The van der Waals surface area contributed by atoms with Crippen LogP contribution in [0.3, 0.4) is 0 Å². The first-order chi connectivity index (χ1) is 8.41. The zero-order chi connectivity index (χ0) is 14.2. The molecule has 0 aromatic carbocycles. The molecule has 1 unspecified atom stereocenters. The minimum absolute atomic E-state index is 0.0165. The molecule has 0 spiro atoms. The first kappa shape index (κ1) is 16.9. The summed E-state index contributed by atoms with van der Waals surface area (Å²) in [6.45, 7) is 6.71. The summed E-state index contributed by atoms with van der Waals surface area (Å²) in [5, 5.41) is 11.5. The standard InChI is InChI=1S/C13H26N2O3/c1-4-13(5-2,9-14)12(18)15-8-10(3)6-7-11(16)17/h10H,4-9,14H2,1-3H3,(H,15,18)(H,16,17). The van der Waals surface area contributed by atoms with Gasteiger partial charge in [-0.3, -0.25) is 9.59 Å². The summed E-state index contributed by atoms with van der Waals surface area (Å²) < 4.78 is 0. The highest BCUT2D eigenvalue weighted by molar-refractivity contribution is 5.82. The number of nitrogens with two attached hydrogens (primary N) is 1. The van der Waals surface area contributed by atoms with E-state index in [1.54, 1.807) is 0 Å². The number of hydrogen-bond donors (Lipinski definition) is 3. The number of carbonyl (C=O) groups excluding carboxylic acids is 1. The molecule has 0 aromatic heterocycles. The summed E-state index contributed by atoms with van der Waals surface area (Å²) in [5.74, 6) is -0.655. The smallest absolute Gasteiger partial charge is 0.303 e. The molecule has 0 saturated carbocycles. The van der Waals surface area contributed by atoms with Crippen LogP contribution in [-0.2, 0) is 9.59 Å². The summed E-state index contributed by atoms with van der Waals surface area (Å²) in [7, 11) is 0. The molecule has 0 radical (unpaired) electrons. The van der Waals surface area contributed by atoms with E-state index in [2.05, 4.69) is 5.32 Å². The normalized spacial score (nSPS) is 13.1. The Morgan fingerprint density at radius 1 is 1.33 bits per heavy atom. The van der Waals surface area contributed by atoms with Crippen LogP contribution in [0.4, 0.5) is 0 Å². The number of rotatable bonds is 9. The molecule has 5 heteroatoms. The van der Waals surface area contributed by atoms with Crippen molar-refractivity contribution in [3.05, 3.63) is 0 Å². The van der Waals surface area contributed by atoms with E-state index in [9.17, 15) is 9.59 Å². The third-order valence-corrected chi connectivity index (χ3v) is 3.69. The van der Waals surface area contributed by atoms with Crippen LogP contribution in [0.2, 0.25) is 0 Å². The van der Waals surface area contributed by atoms with E-state index in [4.69, 9.17) is 10.8 Å². The zero-order valence-electron chi connectivity index (χ0n) is 11.7. The van der Waals surface area contributed by atoms with Gasteiger partial charge in [-0.15, -0.1) is 0 Å². The number of carbonyl (C=O) groups is 2. The maximum absolute atomic E-state index is 12.1. The minimum Gasteiger partial charge on any atom is -0.481 e. The summed E-state index contributed by atoms with van der Waals surface area (Å²) in [6, 6.07) is 0. The highest BCUT2D eigenvalue weighted by Gasteiger charge is 2.33. The van der Waals surface area contributed by atoms with E-state index in [1.807, 2.05) is 20.8 Å². The largest absolute Gasteiger partial charge is 0.481 e. The number of hydrogen-bond acceptors (Lipinski definition) is 3. The van der Waals surface area contributed by atoms with Crippen LogP contribution in [0.5, 0.6) is 0 Å². The lowest BCUT2D eigenvalue weighted by molar-refractivity contribution is -0.137. The number of carboxylic acid groups (broad SMARTS) is 1. The van der Waals surface area contributed by atoms with Crippen molar-refractivity contribution in [1.29, 1.82) is 0 Å². The van der Waals surface area contributed by atoms with Crippen molar-refractivity contribution in [2.45, 2.75) is 46.5 Å². The van der Waals surface area contributed by atoms with Gasteiger partial charge in [-0.25, -0.2) is 0 Å². The summed E-state index contributed by atoms with van der Waals surface area (Å²) in [6.07, 6.45) is 2.15. The van der Waals surface area contributed by atoms with Crippen molar-refractivity contribution >= 4 is 11.9 Å². The molecule has 0 aromatic rings. The van der Waals surface area contributed by atoms with Crippen LogP contribution < -0.4 is 11.1 Å². The molecule has 106 valence electrons. The van der Waals surface area contributed by atoms with E-state index in [0.717, 1.165) is 12.8 Å². The Bertz CT molecular complexity index is 267. The van der Waals surface area contributed by atoms with Crippen LogP contribution >= 0.6 is 0 Å². The Kier molecular flexibility index (Phi) is 7.59. The summed E-state index contributed by atoms with van der Waals surface area (Å²) >= 11 is 0. The predicted octanol–water partition coefficient (Wildman–Crippen LogP) is 1.37. The molecule has 0 saturated heterocycles. The number of carboxylic acids is 1. The second-order valence-electron chi connectivity index (χ2n) is 4.94. The Morgan fingerprint density at radius 2 is 1.89 bits per heavy atom. The van der Waals surface area contributed by atoms with Gasteiger partial charge in [-0.1, -0.05) is 20.8 Å². The maximum Gasteiger partial charge on any atom is 0.303 e. The molecule has 0 bridgehead atoms. The van der Waals surface area contributed by atoms with Crippen molar-refractivity contribution in [2.75, 3.05) is 13.1 Å². The molecule has 0 aliphatic carbocycles. The molecule has 0 aliphatic heterocycles. The maximum atomic E-state index is 12.1. The van der Waals surface area contributed by atoms with E-state index in [-0.39, 0.29) is 18.2 Å². The fourth-order valence-electron chi connectivity index (χ4n) is 1.88. The molecule has 1 atom stereocenters. The molecular weight excluding hydrogens is 232 g/mol. The highest BCUT2D eigenvalue weighted by atomic mass is 16.4. The monoisotopic (exact) mass is 258 g/mol. The van der Waals surface area contributed by atoms with Gasteiger partial charge >= 0.3 is 5.97 Å². The van der Waals surface area contributed by atoms with Gasteiger partial charge in [0.15, 0.2) is 0 Å². The van der Waals surface area contributed by atoms with Crippen molar-refractivity contribution in [2.24, 2.45) is 17.1 Å². The van der Waals surface area contributed by atoms with Gasteiger partial charge < -0.3 is 16.2 Å². The van der Waals surface area contributed by atoms with Gasteiger partial charge in [0.1, 0.15) is 0 Å². The highest BCUT2D eigenvalue weighted by Crippen LogP contribution is 2.25. The van der Waals surface area contributed by atoms with Crippen molar-refractivity contribution < 1.29 is 14.7 Å². The average Bonchev–Trinajstić information content (AvgIpc) is 2.36. The van der Waals surface area contributed by atoms with Crippen molar-refractivity contribution in [3.63, 3.8) is 0 Å². The van der Waals surface area contributed by atoms with Crippen LogP contribution in [0.25, 0.3) is 0 Å². The molecular formula is C13H26N2O3. The van der Waals surface area contributed by atoms with Crippen LogP contribution in [0.15, 0.2) is 0 Å². The van der Waals surface area contributed by atoms with E-state index in [1.165, 1.54) is 0 Å². The SMILES string of the molecule is CCC(CC)(CN)C(=O)NCC(C)CCC(=O)O. The molecule has 0 fully saturated rings. The number of nitrogens with one attached hydrogen (secondary N) is 1. The Labute approximate surface area is 109 Å². The van der Waals surface area contributed by atoms with Gasteiger partial charge in [0.2, 0.25) is 5.91 Å². The molecule has 18 heavy (non-hydrogen) atoms. The summed E-state index contributed by atoms with van der Waals surface area (Å²) in [4.78, 5) is 22.5. The molecule has 1 amide bonds.